The summed E-state index contributed by atoms with van der Waals surface area (Å²) >= 11 is 0. The highest BCUT2D eigenvalue weighted by molar-refractivity contribution is 5.80. The lowest BCUT2D eigenvalue weighted by atomic mass is 9.92. The summed E-state index contributed by atoms with van der Waals surface area (Å²) in [6.07, 6.45) is 3.73. The predicted molar refractivity (Wildman–Crippen MR) is 75.0 cm³/mol. The van der Waals surface area contributed by atoms with Gasteiger partial charge in [-0.15, -0.1) is 0 Å². The van der Waals surface area contributed by atoms with Crippen molar-refractivity contribution in [2.75, 3.05) is 19.6 Å². The van der Waals surface area contributed by atoms with Crippen LogP contribution < -0.4 is 10.6 Å². The normalized spacial score (nSPS) is 20.8. The molecule has 3 rings (SSSR count). The quantitative estimate of drug-likeness (QED) is 0.851. The van der Waals surface area contributed by atoms with Gasteiger partial charge >= 0.3 is 0 Å². The Kier molecular flexibility index (Phi) is 2.98. The molecule has 0 spiro atoms. The monoisotopic (exact) mass is 243 g/mol. The summed E-state index contributed by atoms with van der Waals surface area (Å²) in [4.78, 5) is 4.47. The lowest BCUT2D eigenvalue weighted by molar-refractivity contribution is 0.626. The lowest BCUT2D eigenvalue weighted by Crippen LogP contribution is -2.43. The maximum Gasteiger partial charge on any atom is 0.191 e. The van der Waals surface area contributed by atoms with Gasteiger partial charge in [-0.1, -0.05) is 24.3 Å². The van der Waals surface area contributed by atoms with Crippen LogP contribution in [0.25, 0.3) is 0 Å². The van der Waals surface area contributed by atoms with Crippen molar-refractivity contribution in [2.45, 2.75) is 31.6 Å². The Balaban J connectivity index is 1.69. The first kappa shape index (κ1) is 11.6. The second kappa shape index (κ2) is 4.63. The van der Waals surface area contributed by atoms with Crippen LogP contribution in [-0.4, -0.2) is 25.6 Å². The zero-order valence-corrected chi connectivity index (χ0v) is 11.0. The Bertz CT molecular complexity index is 461. The molecule has 2 N–H and O–H groups in total. The summed E-state index contributed by atoms with van der Waals surface area (Å²) < 4.78 is 0. The molecule has 1 fully saturated rings. The second-order valence-corrected chi connectivity index (χ2v) is 5.46. The molecule has 1 aliphatic heterocycles. The molecule has 1 aliphatic carbocycles. The zero-order valence-electron chi connectivity index (χ0n) is 11.0. The van der Waals surface area contributed by atoms with Gasteiger partial charge in [0.05, 0.1) is 0 Å². The first-order chi connectivity index (χ1) is 8.80. The van der Waals surface area contributed by atoms with E-state index in [4.69, 9.17) is 0 Å². The molecule has 0 saturated heterocycles. The average molecular weight is 243 g/mol. The summed E-state index contributed by atoms with van der Waals surface area (Å²) in [6, 6.07) is 8.76. The van der Waals surface area contributed by atoms with Crippen LogP contribution in [0.4, 0.5) is 0 Å². The Morgan fingerprint density at radius 1 is 1.33 bits per heavy atom. The second-order valence-electron chi connectivity index (χ2n) is 5.46. The summed E-state index contributed by atoms with van der Waals surface area (Å²) in [7, 11) is 0. The molecule has 0 unspecified atom stereocenters. The minimum absolute atomic E-state index is 0.354. The SMILES string of the molecule is Cc1ccccc1C1(CNC2=NCCCN2)CC1. The molecule has 1 saturated carbocycles. The van der Waals surface area contributed by atoms with Crippen LogP contribution in [0.15, 0.2) is 29.3 Å². The van der Waals surface area contributed by atoms with E-state index in [9.17, 15) is 0 Å². The van der Waals surface area contributed by atoms with E-state index in [-0.39, 0.29) is 0 Å². The Morgan fingerprint density at radius 2 is 2.17 bits per heavy atom. The van der Waals surface area contributed by atoms with Gasteiger partial charge in [-0.05, 0) is 37.3 Å². The standard InChI is InChI=1S/C15H21N3/c1-12-5-2-3-6-13(12)15(7-8-15)11-18-14-16-9-4-10-17-14/h2-3,5-6H,4,7-11H2,1H3,(H2,16,17,18). The largest absolute Gasteiger partial charge is 0.356 e. The molecule has 0 aromatic heterocycles. The fourth-order valence-electron chi connectivity index (χ4n) is 2.76. The van der Waals surface area contributed by atoms with Gasteiger partial charge in [0, 0.05) is 25.0 Å². The van der Waals surface area contributed by atoms with Crippen LogP contribution in [0.1, 0.15) is 30.4 Å². The summed E-state index contributed by atoms with van der Waals surface area (Å²) in [6.45, 7) is 5.21. The van der Waals surface area contributed by atoms with Crippen LogP contribution in [0.5, 0.6) is 0 Å². The van der Waals surface area contributed by atoms with Crippen molar-refractivity contribution >= 4 is 5.96 Å². The smallest absolute Gasteiger partial charge is 0.191 e. The maximum absolute atomic E-state index is 4.47. The predicted octanol–water partition coefficient (Wildman–Crippen LogP) is 1.97. The fourth-order valence-corrected chi connectivity index (χ4v) is 2.76. The highest BCUT2D eigenvalue weighted by atomic mass is 15.2. The van der Waals surface area contributed by atoms with Crippen LogP contribution in [-0.2, 0) is 5.41 Å². The minimum Gasteiger partial charge on any atom is -0.356 e. The van der Waals surface area contributed by atoms with Crippen molar-refractivity contribution in [1.82, 2.24) is 10.6 Å². The van der Waals surface area contributed by atoms with E-state index in [0.717, 1.165) is 32.0 Å². The summed E-state index contributed by atoms with van der Waals surface area (Å²) in [5, 5.41) is 6.81. The molecule has 1 aromatic rings. The van der Waals surface area contributed by atoms with Gasteiger partial charge in [-0.3, -0.25) is 4.99 Å². The number of rotatable bonds is 3. The average Bonchev–Trinajstić information content (AvgIpc) is 3.19. The Morgan fingerprint density at radius 3 is 2.83 bits per heavy atom. The van der Waals surface area contributed by atoms with Gasteiger partial charge in [0.2, 0.25) is 0 Å². The molecule has 0 radical (unpaired) electrons. The van der Waals surface area contributed by atoms with Crippen molar-refractivity contribution in [1.29, 1.82) is 0 Å². The van der Waals surface area contributed by atoms with Crippen molar-refractivity contribution in [3.8, 4) is 0 Å². The van der Waals surface area contributed by atoms with Crippen molar-refractivity contribution in [3.63, 3.8) is 0 Å². The third kappa shape index (κ3) is 2.22. The highest BCUT2D eigenvalue weighted by Crippen LogP contribution is 2.48. The number of benzene rings is 1. The van der Waals surface area contributed by atoms with Gasteiger partial charge in [-0.25, -0.2) is 0 Å². The van der Waals surface area contributed by atoms with E-state index in [1.165, 1.54) is 24.0 Å². The number of hydrogen-bond donors (Lipinski definition) is 2. The number of nitrogens with one attached hydrogen (secondary N) is 2. The Labute approximate surface area is 109 Å². The van der Waals surface area contributed by atoms with E-state index < -0.39 is 0 Å². The number of aliphatic imine (C=N–C) groups is 1. The van der Waals surface area contributed by atoms with E-state index in [1.54, 1.807) is 0 Å². The number of hydrogen-bond acceptors (Lipinski definition) is 3. The molecule has 0 atom stereocenters. The zero-order chi connectivity index (χ0) is 12.4. The topological polar surface area (TPSA) is 36.4 Å². The first-order valence-electron chi connectivity index (χ1n) is 6.88. The minimum atomic E-state index is 0.354. The summed E-state index contributed by atoms with van der Waals surface area (Å²) in [5.41, 5.74) is 3.27. The molecule has 1 heterocycles. The molecular formula is C15H21N3. The molecule has 3 heteroatoms. The van der Waals surface area contributed by atoms with Crippen LogP contribution in [0.2, 0.25) is 0 Å². The molecule has 0 amide bonds. The highest BCUT2D eigenvalue weighted by Gasteiger charge is 2.44. The van der Waals surface area contributed by atoms with Gasteiger partial charge in [0.15, 0.2) is 5.96 Å². The van der Waals surface area contributed by atoms with Gasteiger partial charge in [0.25, 0.3) is 0 Å². The van der Waals surface area contributed by atoms with E-state index in [2.05, 4.69) is 46.8 Å². The van der Waals surface area contributed by atoms with E-state index in [1.807, 2.05) is 0 Å². The molecule has 0 bridgehead atoms. The number of nitrogens with zero attached hydrogens (tertiary/aromatic N) is 1. The third-order valence-electron chi connectivity index (χ3n) is 4.06. The molecule has 2 aliphatic rings. The fraction of sp³-hybridized carbons (Fsp3) is 0.533. The number of aryl methyl sites for hydroxylation is 1. The van der Waals surface area contributed by atoms with Gasteiger partial charge in [-0.2, -0.15) is 0 Å². The maximum atomic E-state index is 4.47. The molecule has 3 nitrogen and oxygen atoms in total. The first-order valence-corrected chi connectivity index (χ1v) is 6.88. The molecule has 18 heavy (non-hydrogen) atoms. The third-order valence-corrected chi connectivity index (χ3v) is 4.06. The molecule has 96 valence electrons. The lowest BCUT2D eigenvalue weighted by Gasteiger charge is -2.22. The number of guanidine groups is 1. The van der Waals surface area contributed by atoms with Gasteiger partial charge < -0.3 is 10.6 Å². The van der Waals surface area contributed by atoms with Crippen LogP contribution in [0, 0.1) is 6.92 Å². The van der Waals surface area contributed by atoms with Crippen LogP contribution in [0.3, 0.4) is 0 Å². The van der Waals surface area contributed by atoms with Crippen molar-refractivity contribution in [3.05, 3.63) is 35.4 Å². The van der Waals surface area contributed by atoms with Crippen molar-refractivity contribution in [2.24, 2.45) is 4.99 Å². The Hall–Kier alpha value is -1.51. The van der Waals surface area contributed by atoms with E-state index in [0.29, 0.717) is 5.41 Å². The van der Waals surface area contributed by atoms with E-state index >= 15 is 0 Å². The van der Waals surface area contributed by atoms with Gasteiger partial charge in [0.1, 0.15) is 0 Å². The van der Waals surface area contributed by atoms with Crippen molar-refractivity contribution < 1.29 is 0 Å². The molecule has 1 aromatic carbocycles. The summed E-state index contributed by atoms with van der Waals surface area (Å²) in [5.74, 6) is 0.987. The van der Waals surface area contributed by atoms with Crippen LogP contribution >= 0.6 is 0 Å². The molecular weight excluding hydrogens is 222 g/mol.